The van der Waals surface area contributed by atoms with Crippen molar-refractivity contribution >= 4 is 34.0 Å². The van der Waals surface area contributed by atoms with E-state index in [1.165, 1.54) is 23.5 Å². The van der Waals surface area contributed by atoms with Gasteiger partial charge in [0, 0.05) is 38.2 Å². The van der Waals surface area contributed by atoms with Crippen LogP contribution in [0.3, 0.4) is 0 Å². The standard InChI is InChI=1S/C19H23N3O4S.ClH/c1-22(16-6-8-17(26-2)9-7-16)27(24,25)18-5-3-4-15(10-18)19(23)21-13-14-11-20-12-14;/h3-10,14,20H,11-13H2,1-2H3,(H,21,23);1H. The number of carbonyl (C=O) groups is 1. The van der Waals surface area contributed by atoms with E-state index in [-0.39, 0.29) is 23.2 Å². The van der Waals surface area contributed by atoms with Crippen LogP contribution in [0.2, 0.25) is 0 Å². The van der Waals surface area contributed by atoms with Crippen molar-refractivity contribution in [2.24, 2.45) is 5.92 Å². The molecule has 0 aliphatic carbocycles. The molecule has 1 aliphatic heterocycles. The zero-order valence-corrected chi connectivity index (χ0v) is 17.3. The SMILES string of the molecule is COc1ccc(N(C)S(=O)(=O)c2cccc(C(=O)NCC3CNC3)c2)cc1.Cl. The van der Waals surface area contributed by atoms with Crippen LogP contribution in [-0.4, -0.2) is 48.1 Å². The van der Waals surface area contributed by atoms with Gasteiger partial charge in [0.25, 0.3) is 15.9 Å². The molecule has 0 unspecified atom stereocenters. The monoisotopic (exact) mass is 425 g/mol. The molecule has 0 spiro atoms. The fraction of sp³-hybridized carbons (Fsp3) is 0.316. The van der Waals surface area contributed by atoms with Crippen LogP contribution in [-0.2, 0) is 10.0 Å². The first-order valence-electron chi connectivity index (χ1n) is 8.64. The Hall–Kier alpha value is -2.29. The van der Waals surface area contributed by atoms with E-state index in [1.807, 2.05) is 0 Å². The Labute approximate surface area is 171 Å². The number of ether oxygens (including phenoxy) is 1. The van der Waals surface area contributed by atoms with Gasteiger partial charge in [-0.1, -0.05) is 6.07 Å². The molecule has 3 rings (SSSR count). The van der Waals surface area contributed by atoms with Crippen LogP contribution in [0.15, 0.2) is 53.4 Å². The molecule has 1 heterocycles. The molecule has 28 heavy (non-hydrogen) atoms. The summed E-state index contributed by atoms with van der Waals surface area (Å²) in [5.41, 5.74) is 0.828. The van der Waals surface area contributed by atoms with Crippen molar-refractivity contribution in [3.8, 4) is 5.75 Å². The molecule has 152 valence electrons. The van der Waals surface area contributed by atoms with E-state index in [0.29, 0.717) is 29.5 Å². The number of halogens is 1. The van der Waals surface area contributed by atoms with Gasteiger partial charge >= 0.3 is 0 Å². The number of amides is 1. The minimum Gasteiger partial charge on any atom is -0.497 e. The quantitative estimate of drug-likeness (QED) is 0.707. The lowest BCUT2D eigenvalue weighted by Crippen LogP contribution is -2.48. The zero-order chi connectivity index (χ0) is 19.4. The lowest BCUT2D eigenvalue weighted by molar-refractivity contribution is 0.0942. The van der Waals surface area contributed by atoms with Gasteiger partial charge in [-0.3, -0.25) is 9.10 Å². The fourth-order valence-corrected chi connectivity index (χ4v) is 3.96. The molecule has 0 saturated carbocycles. The van der Waals surface area contributed by atoms with Crippen LogP contribution in [0.5, 0.6) is 5.75 Å². The maximum atomic E-state index is 12.9. The molecule has 0 radical (unpaired) electrons. The molecular formula is C19H24ClN3O4S. The van der Waals surface area contributed by atoms with Gasteiger partial charge < -0.3 is 15.4 Å². The van der Waals surface area contributed by atoms with E-state index >= 15 is 0 Å². The van der Waals surface area contributed by atoms with E-state index in [2.05, 4.69) is 10.6 Å². The first-order chi connectivity index (χ1) is 12.9. The van der Waals surface area contributed by atoms with Gasteiger partial charge in [-0.25, -0.2) is 8.42 Å². The lowest BCUT2D eigenvalue weighted by atomic mass is 10.0. The topological polar surface area (TPSA) is 87.7 Å². The van der Waals surface area contributed by atoms with Gasteiger partial charge in [-0.2, -0.15) is 0 Å². The number of anilines is 1. The number of hydrogen-bond acceptors (Lipinski definition) is 5. The first-order valence-corrected chi connectivity index (χ1v) is 10.1. The minimum atomic E-state index is -3.79. The smallest absolute Gasteiger partial charge is 0.264 e. The van der Waals surface area contributed by atoms with Crippen molar-refractivity contribution in [1.29, 1.82) is 0 Å². The Morgan fingerprint density at radius 2 is 1.89 bits per heavy atom. The zero-order valence-electron chi connectivity index (χ0n) is 15.7. The number of nitrogens with zero attached hydrogens (tertiary/aromatic N) is 1. The highest BCUT2D eigenvalue weighted by molar-refractivity contribution is 7.92. The van der Waals surface area contributed by atoms with Gasteiger partial charge in [-0.15, -0.1) is 12.4 Å². The van der Waals surface area contributed by atoms with Crippen molar-refractivity contribution in [1.82, 2.24) is 10.6 Å². The molecule has 2 aromatic carbocycles. The molecule has 7 nitrogen and oxygen atoms in total. The summed E-state index contributed by atoms with van der Waals surface area (Å²) >= 11 is 0. The number of nitrogens with one attached hydrogen (secondary N) is 2. The normalized spacial score (nSPS) is 13.8. The molecule has 0 atom stereocenters. The summed E-state index contributed by atoms with van der Waals surface area (Å²) in [7, 11) is -0.761. The molecule has 1 amide bonds. The second-order valence-electron chi connectivity index (χ2n) is 6.43. The first kappa shape index (κ1) is 22.0. The minimum absolute atomic E-state index is 0. The highest BCUT2D eigenvalue weighted by atomic mass is 35.5. The summed E-state index contributed by atoms with van der Waals surface area (Å²) in [6, 6.07) is 12.8. The Kier molecular flexibility index (Phi) is 7.29. The van der Waals surface area contributed by atoms with Crippen LogP contribution >= 0.6 is 12.4 Å². The van der Waals surface area contributed by atoms with Gasteiger partial charge in [0.05, 0.1) is 17.7 Å². The summed E-state index contributed by atoms with van der Waals surface area (Å²) < 4.78 is 32.2. The van der Waals surface area contributed by atoms with Crippen molar-refractivity contribution in [2.75, 3.05) is 38.1 Å². The Bertz CT molecular complexity index is 915. The number of sulfonamides is 1. The lowest BCUT2D eigenvalue weighted by Gasteiger charge is -2.27. The second kappa shape index (κ2) is 9.27. The number of carbonyl (C=O) groups excluding carboxylic acids is 1. The summed E-state index contributed by atoms with van der Waals surface area (Å²) in [4.78, 5) is 12.4. The summed E-state index contributed by atoms with van der Waals surface area (Å²) in [5.74, 6) is 0.804. The third-order valence-electron chi connectivity index (χ3n) is 4.61. The third-order valence-corrected chi connectivity index (χ3v) is 6.39. The highest BCUT2D eigenvalue weighted by Gasteiger charge is 2.23. The third kappa shape index (κ3) is 4.76. The van der Waals surface area contributed by atoms with Gasteiger partial charge in [-0.05, 0) is 42.5 Å². The van der Waals surface area contributed by atoms with Gasteiger partial charge in [0.15, 0.2) is 0 Å². The van der Waals surface area contributed by atoms with E-state index in [4.69, 9.17) is 4.74 Å². The fourth-order valence-electron chi connectivity index (χ4n) is 2.72. The molecule has 2 N–H and O–H groups in total. The molecule has 0 aromatic heterocycles. The van der Waals surface area contributed by atoms with Gasteiger partial charge in [0.2, 0.25) is 0 Å². The summed E-state index contributed by atoms with van der Waals surface area (Å²) in [5, 5.41) is 6.00. The van der Waals surface area contributed by atoms with Crippen molar-refractivity contribution in [3.63, 3.8) is 0 Å². The van der Waals surface area contributed by atoms with Crippen LogP contribution in [0.25, 0.3) is 0 Å². The number of benzene rings is 2. The molecule has 1 fully saturated rings. The average Bonchev–Trinajstić information content (AvgIpc) is 2.66. The molecule has 9 heteroatoms. The molecule has 0 bridgehead atoms. The predicted molar refractivity (Wildman–Crippen MR) is 111 cm³/mol. The van der Waals surface area contributed by atoms with E-state index in [0.717, 1.165) is 13.1 Å². The highest BCUT2D eigenvalue weighted by Crippen LogP contribution is 2.24. The van der Waals surface area contributed by atoms with E-state index < -0.39 is 10.0 Å². The maximum absolute atomic E-state index is 12.9. The molecular weight excluding hydrogens is 402 g/mol. The van der Waals surface area contributed by atoms with Crippen molar-refractivity contribution < 1.29 is 17.9 Å². The average molecular weight is 426 g/mol. The van der Waals surface area contributed by atoms with Crippen LogP contribution < -0.4 is 19.7 Å². The van der Waals surface area contributed by atoms with Crippen molar-refractivity contribution in [3.05, 3.63) is 54.1 Å². The number of hydrogen-bond donors (Lipinski definition) is 2. The van der Waals surface area contributed by atoms with Crippen molar-refractivity contribution in [2.45, 2.75) is 4.90 Å². The number of methoxy groups -OCH3 is 1. The van der Waals surface area contributed by atoms with Gasteiger partial charge in [0.1, 0.15) is 5.75 Å². The largest absolute Gasteiger partial charge is 0.497 e. The molecule has 1 aliphatic rings. The molecule has 2 aromatic rings. The summed E-state index contributed by atoms with van der Waals surface area (Å²) in [6.07, 6.45) is 0. The Morgan fingerprint density at radius 3 is 2.46 bits per heavy atom. The predicted octanol–water partition coefficient (Wildman–Crippen LogP) is 1.89. The summed E-state index contributed by atoms with van der Waals surface area (Å²) in [6.45, 7) is 2.36. The van der Waals surface area contributed by atoms with Crippen LogP contribution in [0, 0.1) is 5.92 Å². The second-order valence-corrected chi connectivity index (χ2v) is 8.40. The number of rotatable bonds is 7. The van der Waals surface area contributed by atoms with Crippen LogP contribution in [0.4, 0.5) is 5.69 Å². The van der Waals surface area contributed by atoms with E-state index in [1.54, 1.807) is 43.5 Å². The van der Waals surface area contributed by atoms with Crippen LogP contribution in [0.1, 0.15) is 10.4 Å². The molecule has 1 saturated heterocycles. The maximum Gasteiger partial charge on any atom is 0.264 e. The Morgan fingerprint density at radius 1 is 1.21 bits per heavy atom. The Balaban J connectivity index is 0.00000280. The van der Waals surface area contributed by atoms with E-state index in [9.17, 15) is 13.2 Å².